The summed E-state index contributed by atoms with van der Waals surface area (Å²) >= 11 is 1.26. The fraction of sp³-hybridized carbons (Fsp3) is 0.385. The van der Waals surface area contributed by atoms with Crippen molar-refractivity contribution in [3.8, 4) is 11.8 Å². The lowest BCUT2D eigenvalue weighted by molar-refractivity contribution is -0.118. The molecule has 4 N–H and O–H groups in total. The maximum Gasteiger partial charge on any atom is 0.261 e. The van der Waals surface area contributed by atoms with Gasteiger partial charge in [0, 0.05) is 12.5 Å². The van der Waals surface area contributed by atoms with E-state index in [1.807, 2.05) is 6.92 Å². The van der Waals surface area contributed by atoms with E-state index in [1.54, 1.807) is 13.0 Å². The maximum absolute atomic E-state index is 11.9. The summed E-state index contributed by atoms with van der Waals surface area (Å²) < 4.78 is 0. The third-order valence-corrected chi connectivity index (χ3v) is 3.46. The van der Waals surface area contributed by atoms with Crippen LogP contribution >= 0.6 is 11.3 Å². The van der Waals surface area contributed by atoms with Gasteiger partial charge in [-0.2, -0.15) is 0 Å². The fourth-order valence-corrected chi connectivity index (χ4v) is 2.44. The van der Waals surface area contributed by atoms with Crippen LogP contribution in [0.15, 0.2) is 6.07 Å². The second kappa shape index (κ2) is 6.92. The summed E-state index contributed by atoms with van der Waals surface area (Å²) in [7, 11) is 0. The van der Waals surface area contributed by atoms with E-state index < -0.39 is 5.91 Å². The van der Waals surface area contributed by atoms with Gasteiger partial charge in [0.2, 0.25) is 5.91 Å². The average molecular weight is 280 g/mol. The Labute approximate surface area is 115 Å². The minimum Gasteiger partial charge on any atom is -0.384 e. The SMILES string of the molecule is Cc1cc(C(=O)NC(C)CC(N)=O)sc1C#CCO. The molecular weight excluding hydrogens is 264 g/mol. The van der Waals surface area contributed by atoms with Crippen LogP contribution in [0.1, 0.15) is 33.5 Å². The topological polar surface area (TPSA) is 92.4 Å². The third kappa shape index (κ3) is 4.73. The third-order valence-electron chi connectivity index (χ3n) is 2.31. The summed E-state index contributed by atoms with van der Waals surface area (Å²) in [6, 6.07) is 1.43. The summed E-state index contributed by atoms with van der Waals surface area (Å²) in [6.07, 6.45) is 0.104. The van der Waals surface area contributed by atoms with Crippen LogP contribution in [0.3, 0.4) is 0 Å². The summed E-state index contributed by atoms with van der Waals surface area (Å²) in [5, 5.41) is 11.3. The molecule has 1 atom stereocenters. The minimum atomic E-state index is -0.454. The van der Waals surface area contributed by atoms with E-state index in [-0.39, 0.29) is 25.0 Å². The zero-order chi connectivity index (χ0) is 14.4. The highest BCUT2D eigenvalue weighted by Crippen LogP contribution is 2.21. The van der Waals surface area contributed by atoms with E-state index in [0.717, 1.165) is 10.4 Å². The van der Waals surface area contributed by atoms with Gasteiger partial charge in [0.05, 0.1) is 9.75 Å². The fourth-order valence-electron chi connectivity index (χ4n) is 1.49. The van der Waals surface area contributed by atoms with Crippen LogP contribution in [-0.4, -0.2) is 29.6 Å². The number of rotatable bonds is 4. The molecule has 0 saturated carbocycles. The van der Waals surface area contributed by atoms with E-state index in [2.05, 4.69) is 17.2 Å². The van der Waals surface area contributed by atoms with Gasteiger partial charge in [0.1, 0.15) is 6.61 Å². The van der Waals surface area contributed by atoms with Gasteiger partial charge in [0.15, 0.2) is 0 Å². The van der Waals surface area contributed by atoms with Crippen LogP contribution in [0.2, 0.25) is 0 Å². The number of amides is 2. The van der Waals surface area contributed by atoms with Crippen molar-refractivity contribution < 1.29 is 14.7 Å². The molecule has 2 amide bonds. The van der Waals surface area contributed by atoms with E-state index in [0.29, 0.717) is 4.88 Å². The summed E-state index contributed by atoms with van der Waals surface area (Å²) in [4.78, 5) is 23.9. The number of primary amides is 1. The second-order valence-corrected chi connectivity index (χ2v) is 5.18. The Kier molecular flexibility index (Phi) is 5.55. The predicted molar refractivity (Wildman–Crippen MR) is 73.8 cm³/mol. The van der Waals surface area contributed by atoms with Crippen molar-refractivity contribution >= 4 is 23.2 Å². The van der Waals surface area contributed by atoms with Crippen molar-refractivity contribution in [2.24, 2.45) is 5.73 Å². The van der Waals surface area contributed by atoms with Gasteiger partial charge < -0.3 is 16.2 Å². The molecule has 1 unspecified atom stereocenters. The molecule has 102 valence electrons. The van der Waals surface area contributed by atoms with Crippen LogP contribution in [-0.2, 0) is 4.79 Å². The molecule has 5 nitrogen and oxygen atoms in total. The van der Waals surface area contributed by atoms with Crippen LogP contribution in [0, 0.1) is 18.8 Å². The number of carbonyl (C=O) groups excluding carboxylic acids is 2. The number of nitrogens with two attached hydrogens (primary N) is 1. The highest BCUT2D eigenvalue weighted by atomic mass is 32.1. The minimum absolute atomic E-state index is 0.104. The smallest absolute Gasteiger partial charge is 0.261 e. The summed E-state index contributed by atoms with van der Waals surface area (Å²) in [5.74, 6) is 4.63. The Morgan fingerprint density at radius 1 is 1.58 bits per heavy atom. The maximum atomic E-state index is 11.9. The number of aliphatic hydroxyl groups is 1. The van der Waals surface area contributed by atoms with Crippen molar-refractivity contribution in [1.29, 1.82) is 0 Å². The number of carbonyl (C=O) groups is 2. The molecule has 1 heterocycles. The van der Waals surface area contributed by atoms with E-state index in [4.69, 9.17) is 10.8 Å². The van der Waals surface area contributed by atoms with E-state index in [1.165, 1.54) is 11.3 Å². The quantitative estimate of drug-likeness (QED) is 0.697. The molecule has 0 radical (unpaired) electrons. The first-order valence-electron chi connectivity index (χ1n) is 5.73. The Morgan fingerprint density at radius 2 is 2.26 bits per heavy atom. The van der Waals surface area contributed by atoms with Gasteiger partial charge in [-0.3, -0.25) is 9.59 Å². The van der Waals surface area contributed by atoms with Crippen LogP contribution in [0.25, 0.3) is 0 Å². The van der Waals surface area contributed by atoms with Gasteiger partial charge in [-0.25, -0.2) is 0 Å². The molecular formula is C13H16N2O3S. The molecule has 0 aromatic carbocycles. The zero-order valence-corrected chi connectivity index (χ0v) is 11.6. The molecule has 0 spiro atoms. The second-order valence-electron chi connectivity index (χ2n) is 4.13. The molecule has 0 fully saturated rings. The number of aryl methyl sites for hydroxylation is 1. The molecule has 0 bridgehead atoms. The van der Waals surface area contributed by atoms with Gasteiger partial charge in [0.25, 0.3) is 5.91 Å². The van der Waals surface area contributed by atoms with Crippen LogP contribution in [0.4, 0.5) is 0 Å². The van der Waals surface area contributed by atoms with Crippen molar-refractivity contribution in [2.75, 3.05) is 6.61 Å². The first kappa shape index (κ1) is 15.2. The predicted octanol–water partition coefficient (Wildman–Crippen LogP) is 0.394. The van der Waals surface area contributed by atoms with Crippen LogP contribution < -0.4 is 11.1 Å². The van der Waals surface area contributed by atoms with Crippen molar-refractivity contribution in [3.63, 3.8) is 0 Å². The molecule has 0 saturated heterocycles. The molecule has 1 aromatic rings. The molecule has 19 heavy (non-hydrogen) atoms. The normalized spacial score (nSPS) is 11.3. The summed E-state index contributed by atoms with van der Waals surface area (Å²) in [5.41, 5.74) is 5.95. The lowest BCUT2D eigenvalue weighted by atomic mass is 10.2. The monoisotopic (exact) mass is 280 g/mol. The van der Waals surface area contributed by atoms with Gasteiger partial charge in [-0.1, -0.05) is 11.8 Å². The van der Waals surface area contributed by atoms with Gasteiger partial charge >= 0.3 is 0 Å². The summed E-state index contributed by atoms with van der Waals surface area (Å²) in [6.45, 7) is 3.35. The Bertz CT molecular complexity index is 540. The standard InChI is InChI=1S/C13H16N2O3S/c1-8-6-11(19-10(8)4-3-5-16)13(18)15-9(2)7-12(14)17/h6,9,16H,5,7H2,1-2H3,(H2,14,17)(H,15,18). The Hall–Kier alpha value is -1.84. The number of hydrogen-bond donors (Lipinski definition) is 3. The largest absolute Gasteiger partial charge is 0.384 e. The molecule has 0 aliphatic carbocycles. The Balaban J connectivity index is 2.75. The molecule has 0 aliphatic rings. The number of thiophene rings is 1. The van der Waals surface area contributed by atoms with Crippen molar-refractivity contribution in [3.05, 3.63) is 21.4 Å². The van der Waals surface area contributed by atoms with Crippen molar-refractivity contribution in [2.45, 2.75) is 26.3 Å². The number of nitrogens with one attached hydrogen (secondary N) is 1. The number of hydrogen-bond acceptors (Lipinski definition) is 4. The zero-order valence-electron chi connectivity index (χ0n) is 10.8. The average Bonchev–Trinajstić information content (AvgIpc) is 2.67. The van der Waals surface area contributed by atoms with Gasteiger partial charge in [-0.15, -0.1) is 11.3 Å². The molecule has 1 aromatic heterocycles. The molecule has 1 rings (SSSR count). The van der Waals surface area contributed by atoms with E-state index >= 15 is 0 Å². The molecule has 6 heteroatoms. The Morgan fingerprint density at radius 3 is 2.84 bits per heavy atom. The first-order chi connectivity index (χ1) is 8.93. The highest BCUT2D eigenvalue weighted by molar-refractivity contribution is 7.14. The lowest BCUT2D eigenvalue weighted by Gasteiger charge is -2.10. The lowest BCUT2D eigenvalue weighted by Crippen LogP contribution is -2.35. The van der Waals surface area contributed by atoms with Gasteiger partial charge in [-0.05, 0) is 25.5 Å². The molecule has 0 aliphatic heterocycles. The van der Waals surface area contributed by atoms with Crippen molar-refractivity contribution in [1.82, 2.24) is 5.32 Å². The highest BCUT2D eigenvalue weighted by Gasteiger charge is 2.15. The number of aliphatic hydroxyl groups excluding tert-OH is 1. The first-order valence-corrected chi connectivity index (χ1v) is 6.55. The van der Waals surface area contributed by atoms with Crippen LogP contribution in [0.5, 0.6) is 0 Å². The van der Waals surface area contributed by atoms with E-state index in [9.17, 15) is 9.59 Å².